The summed E-state index contributed by atoms with van der Waals surface area (Å²) < 4.78 is 0. The molecule has 17 heavy (non-hydrogen) atoms. The summed E-state index contributed by atoms with van der Waals surface area (Å²) in [5.41, 5.74) is 1.13. The number of nitrogens with one attached hydrogen (secondary N) is 1. The zero-order chi connectivity index (χ0) is 11.9. The summed E-state index contributed by atoms with van der Waals surface area (Å²) in [5.74, 6) is 0. The van der Waals surface area contributed by atoms with Crippen LogP contribution in [0.15, 0.2) is 24.4 Å². The lowest BCUT2D eigenvalue weighted by atomic mass is 10.2. The van der Waals surface area contributed by atoms with Crippen LogP contribution in [0.25, 0.3) is 0 Å². The molecule has 1 saturated heterocycles. The highest BCUT2D eigenvalue weighted by Gasteiger charge is 2.21. The van der Waals surface area contributed by atoms with Crippen LogP contribution in [0, 0.1) is 0 Å². The summed E-state index contributed by atoms with van der Waals surface area (Å²) in [5, 5.41) is 3.47. The smallest absolute Gasteiger partial charge is 0.0541 e. The predicted molar refractivity (Wildman–Crippen MR) is 70.8 cm³/mol. The highest BCUT2D eigenvalue weighted by Crippen LogP contribution is 2.18. The van der Waals surface area contributed by atoms with Gasteiger partial charge in [-0.1, -0.05) is 13.0 Å². The zero-order valence-corrected chi connectivity index (χ0v) is 10.7. The second-order valence-electron chi connectivity index (χ2n) is 4.74. The maximum absolute atomic E-state index is 4.30. The molecule has 1 N–H and O–H groups in total. The molecule has 1 aromatic heterocycles. The second kappa shape index (κ2) is 6.72. The minimum Gasteiger partial charge on any atom is -0.310 e. The molecule has 3 nitrogen and oxygen atoms in total. The predicted octanol–water partition coefficient (Wildman–Crippen LogP) is 2.05. The molecule has 94 valence electrons. The van der Waals surface area contributed by atoms with E-state index in [-0.39, 0.29) is 0 Å². The number of nitrogens with zero attached hydrogens (tertiary/aromatic N) is 2. The van der Waals surface area contributed by atoms with Gasteiger partial charge in [0.1, 0.15) is 0 Å². The van der Waals surface area contributed by atoms with Gasteiger partial charge in [-0.15, -0.1) is 0 Å². The molecular weight excluding hydrogens is 210 g/mol. The fourth-order valence-electron chi connectivity index (χ4n) is 2.59. The summed E-state index contributed by atoms with van der Waals surface area (Å²) in [6, 6.07) is 6.89. The Hall–Kier alpha value is -0.930. The van der Waals surface area contributed by atoms with E-state index in [1.54, 1.807) is 0 Å². The number of rotatable bonds is 6. The highest BCUT2D eigenvalue weighted by molar-refractivity contribution is 5.02. The first-order valence-corrected chi connectivity index (χ1v) is 6.75. The van der Waals surface area contributed by atoms with E-state index in [0.717, 1.165) is 24.8 Å². The largest absolute Gasteiger partial charge is 0.310 e. The molecule has 0 amide bonds. The Labute approximate surface area is 104 Å². The fourth-order valence-corrected chi connectivity index (χ4v) is 2.59. The van der Waals surface area contributed by atoms with Gasteiger partial charge in [-0.05, 0) is 37.9 Å². The molecule has 2 heterocycles. The van der Waals surface area contributed by atoms with Crippen molar-refractivity contribution in [2.75, 3.05) is 19.6 Å². The Kier molecular flexibility index (Phi) is 4.95. The van der Waals surface area contributed by atoms with Crippen LogP contribution in [0.5, 0.6) is 0 Å². The molecule has 0 radical (unpaired) electrons. The highest BCUT2D eigenvalue weighted by atomic mass is 15.2. The Morgan fingerprint density at radius 2 is 2.41 bits per heavy atom. The quantitative estimate of drug-likeness (QED) is 0.762. The Morgan fingerprint density at radius 3 is 3.18 bits per heavy atom. The summed E-state index contributed by atoms with van der Waals surface area (Å²) in [4.78, 5) is 6.92. The standard InChI is InChI=1S/C14H23N3/c1-2-14-7-5-10-17(14)11-9-15-12-13-6-3-4-8-16-13/h3-4,6,8,14-15H,2,5,7,9-12H2,1H3. The van der Waals surface area contributed by atoms with Gasteiger partial charge in [0.15, 0.2) is 0 Å². The fraction of sp³-hybridized carbons (Fsp3) is 0.643. The Morgan fingerprint density at radius 1 is 1.47 bits per heavy atom. The maximum atomic E-state index is 4.30. The lowest BCUT2D eigenvalue weighted by molar-refractivity contribution is 0.248. The van der Waals surface area contributed by atoms with Gasteiger partial charge in [0, 0.05) is 31.9 Å². The number of pyridine rings is 1. The van der Waals surface area contributed by atoms with Gasteiger partial charge in [-0.25, -0.2) is 0 Å². The van der Waals surface area contributed by atoms with Gasteiger partial charge in [-0.3, -0.25) is 9.88 Å². The molecule has 1 aliphatic heterocycles. The lowest BCUT2D eigenvalue weighted by Crippen LogP contribution is -2.35. The van der Waals surface area contributed by atoms with E-state index in [0.29, 0.717) is 0 Å². The average Bonchev–Trinajstić information content (AvgIpc) is 2.83. The van der Waals surface area contributed by atoms with E-state index in [1.165, 1.54) is 32.4 Å². The normalized spacial score (nSPS) is 20.9. The van der Waals surface area contributed by atoms with E-state index in [1.807, 2.05) is 18.3 Å². The minimum atomic E-state index is 0.826. The Bertz CT molecular complexity index is 313. The van der Waals surface area contributed by atoms with Gasteiger partial charge < -0.3 is 5.32 Å². The molecule has 3 heteroatoms. The third-order valence-corrected chi connectivity index (χ3v) is 3.58. The molecule has 1 aliphatic rings. The van der Waals surface area contributed by atoms with Gasteiger partial charge in [0.05, 0.1) is 5.69 Å². The van der Waals surface area contributed by atoms with Crippen LogP contribution in [-0.4, -0.2) is 35.6 Å². The van der Waals surface area contributed by atoms with Crippen molar-refractivity contribution >= 4 is 0 Å². The van der Waals surface area contributed by atoms with Crippen LogP contribution in [0.3, 0.4) is 0 Å². The maximum Gasteiger partial charge on any atom is 0.0541 e. The molecule has 0 spiro atoms. The SMILES string of the molecule is CCC1CCCN1CCNCc1ccccn1. The van der Waals surface area contributed by atoms with Crippen LogP contribution in [0.1, 0.15) is 31.9 Å². The molecular formula is C14H23N3. The van der Waals surface area contributed by atoms with Crippen molar-refractivity contribution in [3.8, 4) is 0 Å². The summed E-state index contributed by atoms with van der Waals surface area (Å²) in [6.45, 7) is 6.69. The van der Waals surface area contributed by atoms with Crippen LogP contribution in [0.2, 0.25) is 0 Å². The molecule has 1 atom stereocenters. The summed E-state index contributed by atoms with van der Waals surface area (Å²) in [7, 11) is 0. The van der Waals surface area contributed by atoms with Gasteiger partial charge in [0.2, 0.25) is 0 Å². The third-order valence-electron chi connectivity index (χ3n) is 3.58. The first kappa shape index (κ1) is 12.5. The molecule has 2 rings (SSSR count). The van der Waals surface area contributed by atoms with Crippen molar-refractivity contribution in [1.29, 1.82) is 0 Å². The van der Waals surface area contributed by atoms with Crippen molar-refractivity contribution in [3.63, 3.8) is 0 Å². The van der Waals surface area contributed by atoms with Gasteiger partial charge in [0.25, 0.3) is 0 Å². The van der Waals surface area contributed by atoms with Gasteiger partial charge >= 0.3 is 0 Å². The number of hydrogen-bond acceptors (Lipinski definition) is 3. The number of likely N-dealkylation sites (tertiary alicyclic amines) is 1. The van der Waals surface area contributed by atoms with E-state index in [2.05, 4.69) is 28.2 Å². The topological polar surface area (TPSA) is 28.2 Å². The second-order valence-corrected chi connectivity index (χ2v) is 4.74. The lowest BCUT2D eigenvalue weighted by Gasteiger charge is -2.23. The van der Waals surface area contributed by atoms with Crippen LogP contribution in [-0.2, 0) is 6.54 Å². The van der Waals surface area contributed by atoms with Crippen molar-refractivity contribution in [2.24, 2.45) is 0 Å². The molecule has 0 saturated carbocycles. The van der Waals surface area contributed by atoms with E-state index in [9.17, 15) is 0 Å². The molecule has 0 aliphatic carbocycles. The van der Waals surface area contributed by atoms with Crippen molar-refractivity contribution in [3.05, 3.63) is 30.1 Å². The van der Waals surface area contributed by atoms with Crippen molar-refractivity contribution in [1.82, 2.24) is 15.2 Å². The summed E-state index contributed by atoms with van der Waals surface area (Å²) in [6.07, 6.45) is 5.90. The van der Waals surface area contributed by atoms with Gasteiger partial charge in [-0.2, -0.15) is 0 Å². The monoisotopic (exact) mass is 233 g/mol. The van der Waals surface area contributed by atoms with Crippen LogP contribution < -0.4 is 5.32 Å². The van der Waals surface area contributed by atoms with E-state index < -0.39 is 0 Å². The third kappa shape index (κ3) is 3.79. The first-order valence-electron chi connectivity index (χ1n) is 6.75. The molecule has 0 aromatic carbocycles. The minimum absolute atomic E-state index is 0.826. The average molecular weight is 233 g/mol. The van der Waals surface area contributed by atoms with E-state index >= 15 is 0 Å². The number of aromatic nitrogens is 1. The molecule has 1 aromatic rings. The van der Waals surface area contributed by atoms with Crippen molar-refractivity contribution < 1.29 is 0 Å². The van der Waals surface area contributed by atoms with Crippen molar-refractivity contribution in [2.45, 2.75) is 38.8 Å². The number of hydrogen-bond donors (Lipinski definition) is 1. The Balaban J connectivity index is 1.63. The first-order chi connectivity index (χ1) is 8.40. The van der Waals surface area contributed by atoms with Crippen LogP contribution in [0.4, 0.5) is 0 Å². The van der Waals surface area contributed by atoms with Crippen LogP contribution >= 0.6 is 0 Å². The summed E-state index contributed by atoms with van der Waals surface area (Å²) >= 11 is 0. The molecule has 1 fully saturated rings. The molecule has 1 unspecified atom stereocenters. The zero-order valence-electron chi connectivity index (χ0n) is 10.7. The molecule has 0 bridgehead atoms. The van der Waals surface area contributed by atoms with E-state index in [4.69, 9.17) is 0 Å².